The van der Waals surface area contributed by atoms with Gasteiger partial charge < -0.3 is 13.7 Å². The molecule has 0 N–H and O–H groups in total. The Balaban J connectivity index is 1.21. The Morgan fingerprint density at radius 1 is 0.396 bits per heavy atom. The average molecular weight is 686 g/mol. The summed E-state index contributed by atoms with van der Waals surface area (Å²) in [5, 5.41) is 6.41. The van der Waals surface area contributed by atoms with Gasteiger partial charge in [0.1, 0.15) is 22.3 Å². The van der Waals surface area contributed by atoms with Gasteiger partial charge in [-0.3, -0.25) is 0 Å². The van der Waals surface area contributed by atoms with Crippen LogP contribution >= 0.6 is 0 Å². The van der Waals surface area contributed by atoms with Gasteiger partial charge in [0.15, 0.2) is 0 Å². The molecule has 3 heteroatoms. The van der Waals surface area contributed by atoms with Crippen LogP contribution in [-0.4, -0.2) is 0 Å². The van der Waals surface area contributed by atoms with Gasteiger partial charge in [0.05, 0.1) is 22.0 Å². The zero-order valence-corrected chi connectivity index (χ0v) is 28.0. The number of hydrogen-bond acceptors (Lipinski definition) is 3. The van der Waals surface area contributed by atoms with Crippen molar-refractivity contribution in [3.05, 3.63) is 188 Å². The van der Waals surface area contributed by atoms with Gasteiger partial charge in [-0.2, -0.15) is 0 Å². The first kappa shape index (κ1) is 22.7. The summed E-state index contributed by atoms with van der Waals surface area (Å²) < 4.78 is 89.3. The summed E-state index contributed by atoms with van der Waals surface area (Å²) in [6, 6.07) is 39.8. The van der Waals surface area contributed by atoms with E-state index in [2.05, 4.69) is 0 Å². The number of benzene rings is 9. The van der Waals surface area contributed by atoms with E-state index < -0.39 is 24.2 Å². The van der Waals surface area contributed by atoms with E-state index in [0.29, 0.717) is 49.9 Å². The summed E-state index contributed by atoms with van der Waals surface area (Å²) in [6.07, 6.45) is 0. The molecule has 0 aliphatic carbocycles. The molecule has 53 heavy (non-hydrogen) atoms. The lowest BCUT2D eigenvalue weighted by Gasteiger charge is -2.26. The molecule has 3 nitrogen and oxygen atoms in total. The molecule has 0 saturated heterocycles. The van der Waals surface area contributed by atoms with Crippen molar-refractivity contribution < 1.29 is 19.8 Å². The van der Waals surface area contributed by atoms with Crippen molar-refractivity contribution >= 4 is 82.5 Å². The molecule has 248 valence electrons. The fourth-order valence-corrected chi connectivity index (χ4v) is 7.51. The normalized spacial score (nSPS) is 13.9. The molecular formula is C50H31NO2. The SMILES string of the molecule is [2H]c1c([2H])c(N(c2c([2H])c([2H])c(-c3cccc4ccccc34)c([2H])c2[2H])c2cccc3oc4c5ccccc5ccc4c23)c([2H])c([2H])c1-c1ccc2c(c1)oc1ccccc12. The van der Waals surface area contributed by atoms with Crippen LogP contribution in [0.4, 0.5) is 17.1 Å². The molecule has 0 fully saturated rings. The topological polar surface area (TPSA) is 29.5 Å². The molecule has 0 atom stereocenters. The number of para-hydroxylation sites is 1. The van der Waals surface area contributed by atoms with Crippen LogP contribution in [0.5, 0.6) is 0 Å². The third kappa shape index (κ3) is 4.75. The van der Waals surface area contributed by atoms with E-state index >= 15 is 0 Å². The van der Waals surface area contributed by atoms with Crippen LogP contribution in [0.3, 0.4) is 0 Å². The first-order valence-corrected chi connectivity index (χ1v) is 17.4. The van der Waals surface area contributed by atoms with E-state index in [-0.39, 0.29) is 46.7 Å². The molecule has 9 aromatic carbocycles. The highest BCUT2D eigenvalue weighted by atomic mass is 16.3. The number of furan rings is 2. The Morgan fingerprint density at radius 2 is 1.00 bits per heavy atom. The van der Waals surface area contributed by atoms with Crippen LogP contribution < -0.4 is 4.90 Å². The highest BCUT2D eigenvalue weighted by Gasteiger charge is 2.21. The molecule has 0 bridgehead atoms. The third-order valence-corrected chi connectivity index (χ3v) is 10.0. The summed E-state index contributed by atoms with van der Waals surface area (Å²) in [4.78, 5) is 1.35. The third-order valence-electron chi connectivity index (χ3n) is 10.0. The minimum atomic E-state index is -0.439. The maximum atomic E-state index is 9.67. The number of nitrogens with zero attached hydrogens (tertiary/aromatic N) is 1. The van der Waals surface area contributed by atoms with Crippen molar-refractivity contribution in [3.8, 4) is 22.3 Å². The quantitative estimate of drug-likeness (QED) is 0.181. The van der Waals surface area contributed by atoms with Crippen LogP contribution in [0, 0.1) is 0 Å². The zero-order valence-electron chi connectivity index (χ0n) is 36.0. The Labute approximate surface area is 316 Å². The first-order chi connectivity index (χ1) is 29.6. The second-order valence-corrected chi connectivity index (χ2v) is 13.0. The van der Waals surface area contributed by atoms with Gasteiger partial charge in [-0.1, -0.05) is 127 Å². The molecule has 11 aromatic rings. The summed E-state index contributed by atoms with van der Waals surface area (Å²) in [5.41, 5.74) is 3.15. The van der Waals surface area contributed by atoms with Crippen molar-refractivity contribution in [2.45, 2.75) is 0 Å². The number of hydrogen-bond donors (Lipinski definition) is 0. The van der Waals surface area contributed by atoms with Crippen molar-refractivity contribution in [1.82, 2.24) is 0 Å². The smallest absolute Gasteiger partial charge is 0.143 e. The molecular weight excluding hydrogens is 647 g/mol. The monoisotopic (exact) mass is 685 g/mol. The van der Waals surface area contributed by atoms with Gasteiger partial charge in [0.25, 0.3) is 0 Å². The lowest BCUT2D eigenvalue weighted by atomic mass is 9.98. The molecule has 0 aliphatic rings. The molecule has 0 aliphatic heterocycles. The molecule has 0 saturated carbocycles. The lowest BCUT2D eigenvalue weighted by Crippen LogP contribution is -2.10. The Bertz CT molecular complexity index is 3600. The summed E-state index contributed by atoms with van der Waals surface area (Å²) in [7, 11) is 0. The van der Waals surface area contributed by atoms with Gasteiger partial charge in [-0.05, 0) is 99.0 Å². The molecule has 2 aromatic heterocycles. The minimum absolute atomic E-state index is 0.0466. The Kier molecular flexibility index (Phi) is 5.01. The summed E-state index contributed by atoms with van der Waals surface area (Å²) >= 11 is 0. The lowest BCUT2D eigenvalue weighted by molar-refractivity contribution is 0.669. The maximum absolute atomic E-state index is 9.67. The van der Waals surface area contributed by atoms with Gasteiger partial charge >= 0.3 is 0 Å². The van der Waals surface area contributed by atoms with Crippen molar-refractivity contribution in [2.75, 3.05) is 4.90 Å². The van der Waals surface area contributed by atoms with Gasteiger partial charge in [-0.25, -0.2) is 0 Å². The van der Waals surface area contributed by atoms with E-state index in [1.54, 1.807) is 36.4 Å². The Morgan fingerprint density at radius 3 is 1.81 bits per heavy atom. The van der Waals surface area contributed by atoms with Gasteiger partial charge in [-0.15, -0.1) is 0 Å². The number of fused-ring (bicyclic) bond motifs is 9. The van der Waals surface area contributed by atoms with Gasteiger partial charge in [0.2, 0.25) is 0 Å². The molecule has 11 rings (SSSR count). The zero-order chi connectivity index (χ0) is 41.8. The van der Waals surface area contributed by atoms with Crippen LogP contribution in [-0.2, 0) is 0 Å². The van der Waals surface area contributed by atoms with Crippen LogP contribution in [0.15, 0.2) is 197 Å². The predicted molar refractivity (Wildman–Crippen MR) is 222 cm³/mol. The van der Waals surface area contributed by atoms with Crippen LogP contribution in [0.25, 0.3) is 87.7 Å². The molecule has 0 radical (unpaired) electrons. The highest BCUT2D eigenvalue weighted by Crippen LogP contribution is 2.45. The summed E-state index contributed by atoms with van der Waals surface area (Å²) in [5.74, 6) is 0. The molecule has 2 heterocycles. The molecule has 0 unspecified atom stereocenters. The van der Waals surface area contributed by atoms with E-state index in [1.165, 1.54) is 4.90 Å². The molecule has 0 amide bonds. The first-order valence-electron chi connectivity index (χ1n) is 21.4. The van der Waals surface area contributed by atoms with Crippen molar-refractivity contribution in [2.24, 2.45) is 0 Å². The number of rotatable bonds is 5. The highest BCUT2D eigenvalue weighted by molar-refractivity contribution is 6.19. The average Bonchev–Trinajstić information content (AvgIpc) is 3.86. The van der Waals surface area contributed by atoms with E-state index in [9.17, 15) is 11.0 Å². The number of anilines is 3. The second-order valence-electron chi connectivity index (χ2n) is 13.0. The standard InChI is InChI=1S/C50H31NO2/c1-3-12-39-33(9-1)11-7-15-40(39)35-21-27-38(28-22-35)51(45-16-8-18-47-49(45)44-30-23-34-10-2-4-13-41(34)50(44)53-47)37-25-19-32(20-26-37)36-24-29-43-42-14-5-6-17-46(42)52-48(43)31-36/h1-31H/i19D,20D,21D,22D,25D,26D,27D,28D. The van der Waals surface area contributed by atoms with Crippen molar-refractivity contribution in [3.63, 3.8) is 0 Å². The van der Waals surface area contributed by atoms with E-state index in [4.69, 9.17) is 8.83 Å². The second kappa shape index (κ2) is 11.7. The fourth-order valence-electron chi connectivity index (χ4n) is 7.51. The maximum Gasteiger partial charge on any atom is 0.143 e. The summed E-state index contributed by atoms with van der Waals surface area (Å²) in [6.45, 7) is 0. The largest absolute Gasteiger partial charge is 0.456 e. The Hall–Kier alpha value is -7.10. The van der Waals surface area contributed by atoms with Crippen LogP contribution in [0.1, 0.15) is 11.0 Å². The minimum Gasteiger partial charge on any atom is -0.456 e. The molecule has 0 spiro atoms. The van der Waals surface area contributed by atoms with Gasteiger partial charge in [0, 0.05) is 32.9 Å². The van der Waals surface area contributed by atoms with Crippen molar-refractivity contribution in [1.29, 1.82) is 0 Å². The fraction of sp³-hybridized carbons (Fsp3) is 0. The van der Waals surface area contributed by atoms with E-state index in [1.807, 2.05) is 103 Å². The predicted octanol–water partition coefficient (Wildman–Crippen LogP) is 14.6. The van der Waals surface area contributed by atoms with E-state index in [0.717, 1.165) is 32.3 Å². The van der Waals surface area contributed by atoms with Crippen LogP contribution in [0.2, 0.25) is 0 Å².